The van der Waals surface area contributed by atoms with Gasteiger partial charge in [0.15, 0.2) is 0 Å². The van der Waals surface area contributed by atoms with Crippen molar-refractivity contribution in [3.63, 3.8) is 0 Å². The van der Waals surface area contributed by atoms with Gasteiger partial charge in [0.25, 0.3) is 5.91 Å². The summed E-state index contributed by atoms with van der Waals surface area (Å²) in [5.41, 5.74) is 0.520. The number of aliphatic carboxylic acids is 1. The van der Waals surface area contributed by atoms with E-state index in [0.717, 1.165) is 12.8 Å². The van der Waals surface area contributed by atoms with Gasteiger partial charge in [0.1, 0.15) is 5.75 Å². The minimum atomic E-state index is -0.816. The number of hydrogen-bond donors (Lipinski definition) is 2. The van der Waals surface area contributed by atoms with Gasteiger partial charge in [0, 0.05) is 12.1 Å². The number of nitrogens with zero attached hydrogens (tertiary/aromatic N) is 1. The first-order chi connectivity index (χ1) is 10.5. The van der Waals surface area contributed by atoms with E-state index in [4.69, 9.17) is 9.84 Å². The molecule has 1 aliphatic carbocycles. The smallest absolute Gasteiger partial charge is 0.317 e. The monoisotopic (exact) mass is 306 g/mol. The molecule has 1 fully saturated rings. The summed E-state index contributed by atoms with van der Waals surface area (Å²) in [4.78, 5) is 25.0. The average Bonchev–Trinajstić information content (AvgIpc) is 2.48. The van der Waals surface area contributed by atoms with Crippen molar-refractivity contribution in [1.82, 2.24) is 10.2 Å². The number of carbonyl (C=O) groups is 2. The number of carboxylic acid groups (broad SMARTS) is 1. The molecule has 0 spiro atoms. The van der Waals surface area contributed by atoms with E-state index in [1.807, 2.05) is 17.9 Å². The third-order valence-electron chi connectivity index (χ3n) is 4.06. The minimum absolute atomic E-state index is 0.0499. The fraction of sp³-hybridized carbons (Fsp3) is 0.500. The van der Waals surface area contributed by atoms with Crippen LogP contribution < -0.4 is 10.1 Å². The lowest BCUT2D eigenvalue weighted by Gasteiger charge is -2.42. The molecule has 1 amide bonds. The molecule has 1 aliphatic rings. The van der Waals surface area contributed by atoms with Crippen molar-refractivity contribution in [2.45, 2.75) is 31.8 Å². The summed E-state index contributed by atoms with van der Waals surface area (Å²) in [6.07, 6.45) is 1.56. The van der Waals surface area contributed by atoms with Crippen LogP contribution >= 0.6 is 0 Å². The maximum Gasteiger partial charge on any atom is 0.317 e. The number of amides is 1. The third kappa shape index (κ3) is 3.76. The highest BCUT2D eigenvalue weighted by Crippen LogP contribution is 2.26. The van der Waals surface area contributed by atoms with E-state index < -0.39 is 5.97 Å². The second kappa shape index (κ2) is 7.26. The molecule has 22 heavy (non-hydrogen) atoms. The van der Waals surface area contributed by atoms with Crippen molar-refractivity contribution in [3.05, 3.63) is 29.8 Å². The van der Waals surface area contributed by atoms with Gasteiger partial charge < -0.3 is 15.2 Å². The Morgan fingerprint density at radius 1 is 1.36 bits per heavy atom. The largest absolute Gasteiger partial charge is 0.496 e. The lowest BCUT2D eigenvalue weighted by molar-refractivity contribution is -0.139. The first kappa shape index (κ1) is 16.3. The van der Waals surface area contributed by atoms with Crippen LogP contribution in [0.5, 0.6) is 5.75 Å². The van der Waals surface area contributed by atoms with Crippen LogP contribution in [0.3, 0.4) is 0 Å². The van der Waals surface area contributed by atoms with Gasteiger partial charge in [-0.1, -0.05) is 19.1 Å². The van der Waals surface area contributed by atoms with Crippen LogP contribution in [0.4, 0.5) is 0 Å². The molecule has 0 radical (unpaired) electrons. The van der Waals surface area contributed by atoms with Gasteiger partial charge in [-0.05, 0) is 31.5 Å². The average molecular weight is 306 g/mol. The molecule has 120 valence electrons. The molecular formula is C16H22N2O4. The summed E-state index contributed by atoms with van der Waals surface area (Å²) >= 11 is 0. The summed E-state index contributed by atoms with van der Waals surface area (Å²) in [5, 5.41) is 11.9. The number of para-hydroxylation sites is 1. The van der Waals surface area contributed by atoms with E-state index in [2.05, 4.69) is 5.32 Å². The van der Waals surface area contributed by atoms with Crippen molar-refractivity contribution in [2.24, 2.45) is 0 Å². The van der Waals surface area contributed by atoms with Gasteiger partial charge in [0.2, 0.25) is 0 Å². The van der Waals surface area contributed by atoms with Crippen molar-refractivity contribution in [1.29, 1.82) is 0 Å². The summed E-state index contributed by atoms with van der Waals surface area (Å²) in [7, 11) is 1.54. The Morgan fingerprint density at radius 2 is 2.05 bits per heavy atom. The normalized spacial score (nSPS) is 20.3. The molecule has 6 heteroatoms. The highest BCUT2D eigenvalue weighted by molar-refractivity contribution is 5.97. The van der Waals surface area contributed by atoms with Crippen LogP contribution in [0, 0.1) is 0 Å². The standard InChI is InChI=1S/C16H22N2O4/c1-3-18(10-15(19)20)12-8-11(9-12)17-16(21)13-6-4-5-7-14(13)22-2/h4-7,11-12H,3,8-10H2,1-2H3,(H,17,21)(H,19,20). The van der Waals surface area contributed by atoms with Crippen LogP contribution in [-0.4, -0.2) is 54.2 Å². The Kier molecular flexibility index (Phi) is 5.38. The van der Waals surface area contributed by atoms with Gasteiger partial charge >= 0.3 is 5.97 Å². The van der Waals surface area contributed by atoms with E-state index >= 15 is 0 Å². The summed E-state index contributed by atoms with van der Waals surface area (Å²) < 4.78 is 5.19. The predicted octanol–water partition coefficient (Wildman–Crippen LogP) is 1.36. The van der Waals surface area contributed by atoms with Gasteiger partial charge in [-0.3, -0.25) is 14.5 Å². The van der Waals surface area contributed by atoms with Gasteiger partial charge in [-0.2, -0.15) is 0 Å². The van der Waals surface area contributed by atoms with Crippen molar-refractivity contribution in [3.8, 4) is 5.75 Å². The van der Waals surface area contributed by atoms with Gasteiger partial charge in [0.05, 0.1) is 19.2 Å². The number of nitrogens with one attached hydrogen (secondary N) is 1. The quantitative estimate of drug-likeness (QED) is 0.795. The zero-order valence-electron chi connectivity index (χ0n) is 12.9. The van der Waals surface area contributed by atoms with Gasteiger partial charge in [-0.25, -0.2) is 0 Å². The lowest BCUT2D eigenvalue weighted by Crippen LogP contribution is -2.54. The fourth-order valence-electron chi connectivity index (χ4n) is 2.77. The Balaban J connectivity index is 1.87. The molecule has 0 bridgehead atoms. The Bertz CT molecular complexity index is 541. The number of carbonyl (C=O) groups excluding carboxylic acids is 1. The number of ether oxygens (including phenoxy) is 1. The molecule has 1 aromatic carbocycles. The molecule has 0 aromatic heterocycles. The molecular weight excluding hydrogens is 284 g/mol. The van der Waals surface area contributed by atoms with E-state index in [9.17, 15) is 9.59 Å². The van der Waals surface area contributed by atoms with Crippen molar-refractivity contribution >= 4 is 11.9 Å². The number of carboxylic acids is 1. The van der Waals surface area contributed by atoms with Crippen LogP contribution in [0.25, 0.3) is 0 Å². The van der Waals surface area contributed by atoms with E-state index in [-0.39, 0.29) is 24.5 Å². The molecule has 0 heterocycles. The van der Waals surface area contributed by atoms with Crippen LogP contribution in [0.2, 0.25) is 0 Å². The third-order valence-corrected chi connectivity index (χ3v) is 4.06. The topological polar surface area (TPSA) is 78.9 Å². The SMILES string of the molecule is CCN(CC(=O)O)C1CC(NC(=O)c2ccccc2OC)C1. The zero-order chi connectivity index (χ0) is 16.1. The van der Waals surface area contributed by atoms with Crippen LogP contribution in [-0.2, 0) is 4.79 Å². The molecule has 0 saturated heterocycles. The molecule has 0 aliphatic heterocycles. The van der Waals surface area contributed by atoms with E-state index in [0.29, 0.717) is 17.9 Å². The predicted molar refractivity (Wildman–Crippen MR) is 82.2 cm³/mol. The minimum Gasteiger partial charge on any atom is -0.496 e. The first-order valence-corrected chi connectivity index (χ1v) is 7.44. The maximum absolute atomic E-state index is 12.3. The molecule has 0 atom stereocenters. The fourth-order valence-corrected chi connectivity index (χ4v) is 2.77. The molecule has 2 rings (SSSR count). The highest BCUT2D eigenvalue weighted by atomic mass is 16.5. The van der Waals surface area contributed by atoms with Crippen LogP contribution in [0.15, 0.2) is 24.3 Å². The van der Waals surface area contributed by atoms with E-state index in [1.165, 1.54) is 7.11 Å². The number of methoxy groups -OCH3 is 1. The Labute approximate surface area is 130 Å². The second-order valence-electron chi connectivity index (χ2n) is 5.45. The number of rotatable bonds is 7. The van der Waals surface area contributed by atoms with Gasteiger partial charge in [-0.15, -0.1) is 0 Å². The molecule has 0 unspecified atom stereocenters. The van der Waals surface area contributed by atoms with Crippen molar-refractivity contribution < 1.29 is 19.4 Å². The van der Waals surface area contributed by atoms with Crippen LogP contribution in [0.1, 0.15) is 30.1 Å². The number of hydrogen-bond acceptors (Lipinski definition) is 4. The Morgan fingerprint density at radius 3 is 2.64 bits per heavy atom. The Hall–Kier alpha value is -2.08. The number of likely N-dealkylation sites (N-methyl/N-ethyl adjacent to an activating group) is 1. The highest BCUT2D eigenvalue weighted by Gasteiger charge is 2.35. The van der Waals surface area contributed by atoms with E-state index in [1.54, 1.807) is 18.2 Å². The molecule has 6 nitrogen and oxygen atoms in total. The molecule has 1 aromatic rings. The zero-order valence-corrected chi connectivity index (χ0v) is 12.9. The first-order valence-electron chi connectivity index (χ1n) is 7.44. The summed E-state index contributed by atoms with van der Waals surface area (Å²) in [6, 6.07) is 7.42. The second-order valence-corrected chi connectivity index (χ2v) is 5.45. The maximum atomic E-state index is 12.3. The molecule has 1 saturated carbocycles. The van der Waals surface area contributed by atoms with Crippen molar-refractivity contribution in [2.75, 3.05) is 20.2 Å². The molecule has 2 N–H and O–H groups in total. The summed E-state index contributed by atoms with van der Waals surface area (Å²) in [5.74, 6) is -0.414. The number of benzene rings is 1. The lowest BCUT2D eigenvalue weighted by atomic mass is 9.85. The summed E-state index contributed by atoms with van der Waals surface area (Å²) in [6.45, 7) is 2.70.